The first-order valence-corrected chi connectivity index (χ1v) is 8.66. The van der Waals surface area contributed by atoms with E-state index >= 15 is 0 Å². The Balaban J connectivity index is 0. The van der Waals surface area contributed by atoms with Crippen molar-refractivity contribution in [2.45, 2.75) is 50.9 Å². The Morgan fingerprint density at radius 3 is 2.14 bits per heavy atom. The van der Waals surface area contributed by atoms with E-state index in [1.165, 1.54) is 0 Å². The van der Waals surface area contributed by atoms with Gasteiger partial charge in [-0.25, -0.2) is 20.5 Å². The molecule has 9 heteroatoms. The van der Waals surface area contributed by atoms with Crippen molar-refractivity contribution in [2.24, 2.45) is 5.92 Å². The fraction of sp³-hybridized carbons (Fsp3) is 0.579. The molecule has 0 aromatic heterocycles. The molecule has 150 valence electrons. The molecule has 1 rings (SSSR count). The molecule has 1 fully saturated rings. The summed E-state index contributed by atoms with van der Waals surface area (Å²) in [5.41, 5.74) is 0. The fourth-order valence-electron chi connectivity index (χ4n) is 3.07. The minimum atomic E-state index is -0.904. The molecule has 2 radical (unpaired) electrons. The molecule has 0 spiro atoms. The average Bonchev–Trinajstić information content (AvgIpc) is 3.13. The van der Waals surface area contributed by atoms with Crippen molar-refractivity contribution in [3.05, 3.63) is 39.4 Å². The number of nitriles is 1. The maximum absolute atomic E-state index is 12.4. The molecule has 0 heterocycles. The third kappa shape index (κ3) is 8.84. The van der Waals surface area contributed by atoms with Gasteiger partial charge in [-0.3, -0.25) is 21.5 Å². The Morgan fingerprint density at radius 1 is 1.18 bits per heavy atom. The summed E-state index contributed by atoms with van der Waals surface area (Å²) in [6.07, 6.45) is 3.02. The smallest absolute Gasteiger partial charge is 0.210 e. The van der Waals surface area contributed by atoms with E-state index in [9.17, 15) is 9.59 Å². The Hall–Kier alpha value is 0.0878. The topological polar surface area (TPSA) is 72.0 Å². The molecule has 1 aliphatic carbocycles. The Morgan fingerprint density at radius 2 is 1.71 bits per heavy atom. The predicted octanol–water partition coefficient (Wildman–Crippen LogP) is 1.91. The predicted molar refractivity (Wildman–Crippen MR) is 97.9 cm³/mol. The average molecular weight is 535 g/mol. The molecule has 0 N–H and O–H groups in total. The first-order valence-electron chi connectivity index (χ1n) is 8.66. The van der Waals surface area contributed by atoms with Crippen molar-refractivity contribution < 1.29 is 75.0 Å². The van der Waals surface area contributed by atoms with E-state index in [4.69, 9.17) is 11.8 Å². The first kappa shape index (κ1) is 30.3. The summed E-state index contributed by atoms with van der Waals surface area (Å²) in [7, 11) is 7.19. The summed E-state index contributed by atoms with van der Waals surface area (Å²) in [6, 6.07) is 1.08. The van der Waals surface area contributed by atoms with Crippen molar-refractivity contribution in [1.29, 1.82) is 5.26 Å². The van der Waals surface area contributed by atoms with E-state index in [1.54, 1.807) is 4.90 Å². The van der Waals surface area contributed by atoms with Crippen LogP contribution in [0.25, 0.3) is 4.85 Å². The number of carbonyl (C=O) groups is 2. The van der Waals surface area contributed by atoms with E-state index in [0.717, 1.165) is 35.5 Å². The van der Waals surface area contributed by atoms with Crippen LogP contribution in [0.15, 0.2) is 0 Å². The normalized spacial score (nSPS) is 20.0. The van der Waals surface area contributed by atoms with E-state index in [0.29, 0.717) is 5.92 Å². The Labute approximate surface area is 220 Å². The molecule has 1 aliphatic rings. The van der Waals surface area contributed by atoms with Gasteiger partial charge in [-0.15, -0.1) is 0 Å². The second-order valence-corrected chi connectivity index (χ2v) is 6.63. The summed E-state index contributed by atoms with van der Waals surface area (Å²) in [6.45, 7) is 16.2. The van der Waals surface area contributed by atoms with Crippen LogP contribution in [-0.2, 0) is 75.0 Å². The molecule has 0 aromatic carbocycles. The zero-order valence-corrected chi connectivity index (χ0v) is 22.3. The van der Waals surface area contributed by atoms with Crippen molar-refractivity contribution >= 4 is 11.8 Å². The number of hydrogen-bond acceptors (Lipinski definition) is 4. The number of carbonyl (C=O) groups excluding carboxylic acids is 2. The number of hydrogen-bond donors (Lipinski definition) is 0. The van der Waals surface area contributed by atoms with Crippen LogP contribution < -0.4 is 0 Å². The van der Waals surface area contributed by atoms with Gasteiger partial charge in [0, 0.05) is 71.5 Å². The van der Waals surface area contributed by atoms with Gasteiger partial charge in [-0.2, -0.15) is 5.26 Å². The van der Waals surface area contributed by atoms with E-state index in [2.05, 4.69) is 39.7 Å². The van der Waals surface area contributed by atoms with Crippen molar-refractivity contribution in [3.63, 3.8) is 0 Å². The molecule has 2 unspecified atom stereocenters. The molecule has 1 saturated carbocycles. The fourth-order valence-corrected chi connectivity index (χ4v) is 3.07. The van der Waals surface area contributed by atoms with E-state index in [-0.39, 0.29) is 96.4 Å². The zero-order chi connectivity index (χ0) is 19.9. The van der Waals surface area contributed by atoms with Crippen LogP contribution in [0.2, 0.25) is 0 Å². The first-order chi connectivity index (χ1) is 12.2. The van der Waals surface area contributed by atoms with Gasteiger partial charge in [0.1, 0.15) is 0 Å². The van der Waals surface area contributed by atoms with Gasteiger partial charge in [-0.05, 0) is 31.2 Å². The Bertz CT molecular complexity index is 550. The second kappa shape index (κ2) is 15.0. The maximum atomic E-state index is 12.4. The van der Waals surface area contributed by atoms with Gasteiger partial charge in [-0.1, -0.05) is 13.3 Å². The third-order valence-corrected chi connectivity index (χ3v) is 4.96. The van der Waals surface area contributed by atoms with Crippen molar-refractivity contribution in [3.8, 4) is 6.07 Å². The van der Waals surface area contributed by atoms with Gasteiger partial charge in [0.15, 0.2) is 6.17 Å². The molecule has 0 aliphatic heterocycles. The third-order valence-electron chi connectivity index (χ3n) is 4.96. The van der Waals surface area contributed by atoms with Crippen LogP contribution in [-0.4, -0.2) is 57.9 Å². The number of nitrogens with zero attached hydrogens (tertiary/aromatic N) is 5. The van der Waals surface area contributed by atoms with Gasteiger partial charge < -0.3 is 21.6 Å². The van der Waals surface area contributed by atoms with Gasteiger partial charge in [0.2, 0.25) is 11.8 Å². The molecule has 7 nitrogen and oxygen atoms in total. The zero-order valence-electron chi connectivity index (χ0n) is 16.6. The molecule has 2 amide bonds. The Kier molecular flexibility index (Phi) is 16.2. The molecule has 0 aromatic rings. The molecule has 0 saturated heterocycles. The van der Waals surface area contributed by atoms with Crippen molar-refractivity contribution in [2.75, 3.05) is 13.1 Å². The quantitative estimate of drug-likeness (QED) is 0.446. The molecular weight excluding hydrogens is 508 g/mol. The summed E-state index contributed by atoms with van der Waals surface area (Å²) >= 11 is 0. The SMILES string of the molecule is [C-]#[N+][C@H]([CH2-])N([CH2-])C(=O)CN(CC(=O)N([CH2-])[C@@H]([CH2-])C#N)C1CCC(CC)C1.[Y].[Y]. The molecule has 4 atom stereocenters. The second-order valence-electron chi connectivity index (χ2n) is 6.63. The summed E-state index contributed by atoms with van der Waals surface area (Å²) in [5, 5.41) is 8.91. The van der Waals surface area contributed by atoms with Crippen LogP contribution >= 0.6 is 0 Å². The van der Waals surface area contributed by atoms with E-state index in [1.807, 2.05) is 6.07 Å². The van der Waals surface area contributed by atoms with Crippen LogP contribution in [0.4, 0.5) is 0 Å². The summed E-state index contributed by atoms with van der Waals surface area (Å²) in [5.74, 6) is -0.162. The maximum Gasteiger partial charge on any atom is 0.210 e. The summed E-state index contributed by atoms with van der Waals surface area (Å²) < 4.78 is 0. The minimum Gasteiger partial charge on any atom is -0.505 e. The van der Waals surface area contributed by atoms with Crippen LogP contribution in [0.5, 0.6) is 0 Å². The van der Waals surface area contributed by atoms with Crippen LogP contribution in [0.1, 0.15) is 32.6 Å². The van der Waals surface area contributed by atoms with Gasteiger partial charge in [0.05, 0.1) is 19.2 Å². The molecule has 0 bridgehead atoms. The number of amides is 2. The van der Waals surface area contributed by atoms with Gasteiger partial charge >= 0.3 is 0 Å². The van der Waals surface area contributed by atoms with Gasteiger partial charge in [0.25, 0.3) is 0 Å². The molecule has 28 heavy (non-hydrogen) atoms. The minimum absolute atomic E-state index is 0. The van der Waals surface area contributed by atoms with Crippen molar-refractivity contribution in [1.82, 2.24) is 14.7 Å². The molecular formula is C19H27N5O2Y2-4. The summed E-state index contributed by atoms with van der Waals surface area (Å²) in [4.78, 5) is 31.9. The van der Waals surface area contributed by atoms with Crippen LogP contribution in [0.3, 0.4) is 0 Å². The van der Waals surface area contributed by atoms with E-state index < -0.39 is 12.2 Å². The van der Waals surface area contributed by atoms with Crippen LogP contribution in [0, 0.1) is 51.8 Å². The largest absolute Gasteiger partial charge is 0.505 e. The number of rotatable bonds is 8. The standard InChI is InChI=1S/C19H27N5O2.2Y/c1-7-16-8-9-17(10-16)24(12-18(25)22(5)14(2)11-20)13-19(26)23(6)15(3)21-4;;/h14-17H,2-3,5-10,12-13H2,1H3;;/q-4;;/t14-,15-,16?,17?;;/m0../s1. The monoisotopic (exact) mass is 535 g/mol.